The zero-order chi connectivity index (χ0) is 14.4. The van der Waals surface area contributed by atoms with Crippen LogP contribution >= 0.6 is 0 Å². The average molecular weight is 280 g/mol. The van der Waals surface area contributed by atoms with Crippen LogP contribution in [0.25, 0.3) is 0 Å². The molecule has 1 aromatic rings. The minimum Gasteiger partial charge on any atom is -0.490 e. The number of ether oxygens (including phenoxy) is 1. The van der Waals surface area contributed by atoms with Gasteiger partial charge in [-0.05, 0) is 25.5 Å². The number of likely N-dealkylation sites (N-methyl/N-ethyl adjacent to an activating group) is 1. The number of benzene rings is 1. The maximum absolute atomic E-state index is 10.1. The van der Waals surface area contributed by atoms with Crippen LogP contribution in [0.4, 0.5) is 0 Å². The van der Waals surface area contributed by atoms with E-state index in [1.165, 1.54) is 24.5 Å². The van der Waals surface area contributed by atoms with Crippen LogP contribution in [0, 0.1) is 6.92 Å². The molecule has 0 amide bonds. The van der Waals surface area contributed by atoms with Gasteiger partial charge in [-0.3, -0.25) is 0 Å². The van der Waals surface area contributed by atoms with Gasteiger partial charge in [-0.25, -0.2) is 0 Å². The highest BCUT2D eigenvalue weighted by atomic mass is 16.5. The minimum atomic E-state index is -0.382. The second kappa shape index (κ2) is 7.62. The normalized spacial score (nSPS) is 24.4. The first-order valence-electron chi connectivity index (χ1n) is 7.72. The molecule has 1 aromatic carbocycles. The number of piperazine rings is 1. The number of rotatable bonds is 6. The van der Waals surface area contributed by atoms with Crippen LogP contribution in [0.2, 0.25) is 0 Å². The van der Waals surface area contributed by atoms with Crippen molar-refractivity contribution in [2.45, 2.75) is 20.0 Å². The number of aliphatic hydroxyl groups excluding tert-OH is 1. The van der Waals surface area contributed by atoms with Gasteiger partial charge in [0.05, 0.1) is 6.54 Å². The van der Waals surface area contributed by atoms with E-state index in [0.717, 1.165) is 30.9 Å². The molecule has 112 valence electrons. The van der Waals surface area contributed by atoms with Gasteiger partial charge in [0, 0.05) is 0 Å². The second-order valence-electron chi connectivity index (χ2n) is 5.79. The van der Waals surface area contributed by atoms with Crippen LogP contribution in [-0.4, -0.2) is 57.1 Å². The first-order chi connectivity index (χ1) is 9.69. The number of hydrogen-bond acceptors (Lipinski definition) is 2. The van der Waals surface area contributed by atoms with Crippen LogP contribution in [0.5, 0.6) is 5.75 Å². The highest BCUT2D eigenvalue weighted by Crippen LogP contribution is 2.15. The summed E-state index contributed by atoms with van der Waals surface area (Å²) in [6.07, 6.45) is -0.382. The molecule has 0 aromatic heterocycles. The SMILES string of the molecule is CC[NH+]1CC[NH+](C[C@@H](O)COc2ccccc2C)CC1. The van der Waals surface area contributed by atoms with E-state index in [2.05, 4.69) is 6.92 Å². The van der Waals surface area contributed by atoms with E-state index in [4.69, 9.17) is 4.74 Å². The third-order valence-electron chi connectivity index (χ3n) is 4.21. The molecule has 0 spiro atoms. The quantitative estimate of drug-likeness (QED) is 0.596. The van der Waals surface area contributed by atoms with Crippen LogP contribution in [0.15, 0.2) is 24.3 Å². The number of aryl methyl sites for hydroxylation is 1. The molecule has 3 N–H and O–H groups in total. The third-order valence-corrected chi connectivity index (χ3v) is 4.21. The van der Waals surface area contributed by atoms with Gasteiger partial charge in [-0.1, -0.05) is 18.2 Å². The third kappa shape index (κ3) is 4.47. The van der Waals surface area contributed by atoms with Crippen molar-refractivity contribution in [3.63, 3.8) is 0 Å². The summed E-state index contributed by atoms with van der Waals surface area (Å²) in [5, 5.41) is 10.1. The van der Waals surface area contributed by atoms with E-state index < -0.39 is 0 Å². The number of hydrogen-bond donors (Lipinski definition) is 3. The molecule has 1 saturated heterocycles. The van der Waals surface area contributed by atoms with Gasteiger partial charge < -0.3 is 19.6 Å². The highest BCUT2D eigenvalue weighted by Gasteiger charge is 2.23. The van der Waals surface area contributed by atoms with E-state index in [1.54, 1.807) is 4.90 Å². The van der Waals surface area contributed by atoms with E-state index in [-0.39, 0.29) is 6.10 Å². The highest BCUT2D eigenvalue weighted by molar-refractivity contribution is 5.31. The number of quaternary nitrogens is 2. The van der Waals surface area contributed by atoms with Crippen LogP contribution in [0.3, 0.4) is 0 Å². The standard InChI is InChI=1S/C16H26N2O2/c1-3-17-8-10-18(11-9-17)12-15(19)13-20-16-7-5-4-6-14(16)2/h4-7,15,19H,3,8-13H2,1-2H3/p+2/t15-/m1/s1. The van der Waals surface area contributed by atoms with Gasteiger partial charge in [0.25, 0.3) is 0 Å². The monoisotopic (exact) mass is 280 g/mol. The molecule has 1 fully saturated rings. The first-order valence-corrected chi connectivity index (χ1v) is 7.72. The molecule has 0 radical (unpaired) electrons. The van der Waals surface area contributed by atoms with Crippen molar-refractivity contribution in [3.05, 3.63) is 29.8 Å². The Kier molecular flexibility index (Phi) is 5.83. The first kappa shape index (κ1) is 15.3. The molecular formula is C16H28N2O2+2. The summed E-state index contributed by atoms with van der Waals surface area (Å²) in [5.41, 5.74) is 1.12. The Morgan fingerprint density at radius 1 is 1.15 bits per heavy atom. The average Bonchev–Trinajstić information content (AvgIpc) is 2.47. The van der Waals surface area contributed by atoms with E-state index >= 15 is 0 Å². The summed E-state index contributed by atoms with van der Waals surface area (Å²) in [7, 11) is 0. The molecule has 4 heteroatoms. The van der Waals surface area contributed by atoms with Gasteiger partial charge in [0.1, 0.15) is 51.2 Å². The van der Waals surface area contributed by atoms with Crippen molar-refractivity contribution < 1.29 is 19.6 Å². The molecule has 0 bridgehead atoms. The van der Waals surface area contributed by atoms with Crippen LogP contribution < -0.4 is 14.5 Å². The molecule has 1 atom stereocenters. The van der Waals surface area contributed by atoms with Crippen molar-refractivity contribution in [2.75, 3.05) is 45.9 Å². The lowest BCUT2D eigenvalue weighted by Gasteiger charge is -2.30. The Morgan fingerprint density at radius 3 is 2.45 bits per heavy atom. The van der Waals surface area contributed by atoms with E-state index in [1.807, 2.05) is 31.2 Å². The topological polar surface area (TPSA) is 38.3 Å². The molecule has 0 saturated carbocycles. The lowest BCUT2D eigenvalue weighted by molar-refractivity contribution is -1.01. The smallest absolute Gasteiger partial charge is 0.137 e. The molecule has 1 heterocycles. The van der Waals surface area contributed by atoms with Crippen molar-refractivity contribution in [1.82, 2.24) is 0 Å². The summed E-state index contributed by atoms with van der Waals surface area (Å²) in [4.78, 5) is 3.18. The zero-order valence-corrected chi connectivity index (χ0v) is 12.7. The zero-order valence-electron chi connectivity index (χ0n) is 12.7. The fourth-order valence-corrected chi connectivity index (χ4v) is 2.81. The van der Waals surface area contributed by atoms with Crippen molar-refractivity contribution >= 4 is 0 Å². The fourth-order valence-electron chi connectivity index (χ4n) is 2.81. The molecule has 2 rings (SSSR count). The summed E-state index contributed by atoms with van der Waals surface area (Å²) >= 11 is 0. The van der Waals surface area contributed by atoms with Crippen LogP contribution in [-0.2, 0) is 0 Å². The van der Waals surface area contributed by atoms with E-state index in [0.29, 0.717) is 6.61 Å². The van der Waals surface area contributed by atoms with Gasteiger partial charge in [0.2, 0.25) is 0 Å². The van der Waals surface area contributed by atoms with Crippen molar-refractivity contribution in [1.29, 1.82) is 0 Å². The molecule has 1 aliphatic heterocycles. The molecule has 1 aliphatic rings. The molecule has 4 nitrogen and oxygen atoms in total. The van der Waals surface area contributed by atoms with Gasteiger partial charge in [0.15, 0.2) is 0 Å². The number of nitrogens with one attached hydrogen (secondary N) is 2. The summed E-state index contributed by atoms with van der Waals surface area (Å²) < 4.78 is 5.71. The predicted molar refractivity (Wildman–Crippen MR) is 79.5 cm³/mol. The summed E-state index contributed by atoms with van der Waals surface area (Å²) in [5.74, 6) is 0.877. The fraction of sp³-hybridized carbons (Fsp3) is 0.625. The second-order valence-corrected chi connectivity index (χ2v) is 5.79. The predicted octanol–water partition coefficient (Wildman–Crippen LogP) is -1.46. The van der Waals surface area contributed by atoms with Gasteiger partial charge >= 0.3 is 0 Å². The Hall–Kier alpha value is -1.10. The van der Waals surface area contributed by atoms with Gasteiger partial charge in [-0.15, -0.1) is 0 Å². The molecule has 0 aliphatic carbocycles. The summed E-state index contributed by atoms with van der Waals surface area (Å²) in [6, 6.07) is 7.95. The van der Waals surface area contributed by atoms with E-state index in [9.17, 15) is 5.11 Å². The van der Waals surface area contributed by atoms with Crippen molar-refractivity contribution in [3.8, 4) is 5.75 Å². The Balaban J connectivity index is 1.71. The molecule has 20 heavy (non-hydrogen) atoms. The largest absolute Gasteiger partial charge is 0.490 e. The molecular weight excluding hydrogens is 252 g/mol. The number of aliphatic hydroxyl groups is 1. The lowest BCUT2D eigenvalue weighted by Crippen LogP contribution is -3.28. The maximum atomic E-state index is 10.1. The van der Waals surface area contributed by atoms with Gasteiger partial charge in [-0.2, -0.15) is 0 Å². The molecule has 0 unspecified atom stereocenters. The Morgan fingerprint density at radius 2 is 1.80 bits per heavy atom. The maximum Gasteiger partial charge on any atom is 0.137 e. The number of para-hydroxylation sites is 1. The Labute approximate surface area is 122 Å². The summed E-state index contributed by atoms with van der Waals surface area (Å²) in [6.45, 7) is 11.4. The Bertz CT molecular complexity index is 403. The lowest BCUT2D eigenvalue weighted by atomic mass is 10.2. The van der Waals surface area contributed by atoms with Crippen molar-refractivity contribution in [2.24, 2.45) is 0 Å². The van der Waals surface area contributed by atoms with Crippen LogP contribution in [0.1, 0.15) is 12.5 Å². The minimum absolute atomic E-state index is 0.382.